The van der Waals surface area contributed by atoms with Crippen LogP contribution in [0.3, 0.4) is 0 Å². The zero-order valence-electron chi connectivity index (χ0n) is 11.9. The van der Waals surface area contributed by atoms with E-state index in [2.05, 4.69) is 33.9 Å². The summed E-state index contributed by atoms with van der Waals surface area (Å²) in [6.45, 7) is 0.783. The van der Waals surface area contributed by atoms with Crippen molar-refractivity contribution in [2.24, 2.45) is 0 Å². The molecule has 0 heterocycles. The number of anilines is 1. The number of methoxy groups -OCH3 is 2. The monoisotopic (exact) mass is 335 g/mol. The van der Waals surface area contributed by atoms with Gasteiger partial charge in [-0.1, -0.05) is 22.0 Å². The lowest BCUT2D eigenvalue weighted by atomic mass is 10.2. The third-order valence-electron chi connectivity index (χ3n) is 3.15. The molecule has 0 amide bonds. The summed E-state index contributed by atoms with van der Waals surface area (Å²) in [5.41, 5.74) is 2.29. The molecule has 0 unspecified atom stereocenters. The predicted octanol–water partition coefficient (Wildman–Crippen LogP) is 4.10. The van der Waals surface area contributed by atoms with Gasteiger partial charge in [-0.05, 0) is 35.9 Å². The molecule has 2 rings (SSSR count). The summed E-state index contributed by atoms with van der Waals surface area (Å²) in [5, 5.41) is 0. The Morgan fingerprint density at radius 2 is 1.70 bits per heavy atom. The van der Waals surface area contributed by atoms with Crippen LogP contribution in [0.4, 0.5) is 5.69 Å². The molecule has 0 aliphatic carbocycles. The molecule has 0 bridgehead atoms. The lowest BCUT2D eigenvalue weighted by Crippen LogP contribution is -2.16. The summed E-state index contributed by atoms with van der Waals surface area (Å²) in [6.07, 6.45) is 0. The van der Waals surface area contributed by atoms with E-state index in [9.17, 15) is 0 Å². The fourth-order valence-corrected chi connectivity index (χ4v) is 2.37. The average molecular weight is 336 g/mol. The van der Waals surface area contributed by atoms with Crippen molar-refractivity contribution in [3.63, 3.8) is 0 Å². The molecule has 0 atom stereocenters. The Hall–Kier alpha value is -1.68. The van der Waals surface area contributed by atoms with E-state index in [0.717, 1.165) is 28.2 Å². The minimum absolute atomic E-state index is 0.783. The van der Waals surface area contributed by atoms with Gasteiger partial charge in [-0.2, -0.15) is 0 Å². The third kappa shape index (κ3) is 3.45. The first-order valence-corrected chi connectivity index (χ1v) is 7.11. The summed E-state index contributed by atoms with van der Waals surface area (Å²) in [7, 11) is 5.41. The topological polar surface area (TPSA) is 21.7 Å². The van der Waals surface area contributed by atoms with E-state index >= 15 is 0 Å². The Morgan fingerprint density at radius 1 is 1.00 bits per heavy atom. The predicted molar refractivity (Wildman–Crippen MR) is 85.8 cm³/mol. The number of hydrogen-bond acceptors (Lipinski definition) is 3. The molecule has 0 fully saturated rings. The van der Waals surface area contributed by atoms with Crippen molar-refractivity contribution in [3.8, 4) is 11.5 Å². The van der Waals surface area contributed by atoms with E-state index in [-0.39, 0.29) is 0 Å². The number of halogens is 1. The minimum atomic E-state index is 0.783. The molecule has 20 heavy (non-hydrogen) atoms. The minimum Gasteiger partial charge on any atom is -0.497 e. The molecule has 0 aromatic heterocycles. The van der Waals surface area contributed by atoms with Crippen LogP contribution in [0.25, 0.3) is 0 Å². The summed E-state index contributed by atoms with van der Waals surface area (Å²) in [5.74, 6) is 1.72. The van der Waals surface area contributed by atoms with E-state index in [1.807, 2.05) is 36.4 Å². The average Bonchev–Trinajstić information content (AvgIpc) is 2.49. The molecule has 2 aromatic carbocycles. The Morgan fingerprint density at radius 3 is 2.40 bits per heavy atom. The van der Waals surface area contributed by atoms with Gasteiger partial charge < -0.3 is 14.4 Å². The summed E-state index contributed by atoms with van der Waals surface area (Å²) >= 11 is 3.58. The quantitative estimate of drug-likeness (QED) is 0.820. The Kier molecular flexibility index (Phi) is 4.90. The first kappa shape index (κ1) is 14.7. The molecule has 3 nitrogen and oxygen atoms in total. The van der Waals surface area contributed by atoms with Crippen molar-refractivity contribution in [2.75, 3.05) is 26.2 Å². The van der Waals surface area contributed by atoms with Crippen LogP contribution in [0.15, 0.2) is 46.9 Å². The van der Waals surface area contributed by atoms with Crippen molar-refractivity contribution in [1.29, 1.82) is 0 Å². The molecule has 0 saturated heterocycles. The smallest absolute Gasteiger partial charge is 0.120 e. The summed E-state index contributed by atoms with van der Waals surface area (Å²) in [6, 6.07) is 14.0. The van der Waals surface area contributed by atoms with Crippen LogP contribution in [-0.2, 0) is 6.54 Å². The van der Waals surface area contributed by atoms with Gasteiger partial charge in [0.05, 0.1) is 14.2 Å². The zero-order chi connectivity index (χ0) is 14.5. The van der Waals surface area contributed by atoms with Crippen molar-refractivity contribution in [3.05, 3.63) is 52.5 Å². The molecule has 0 aliphatic heterocycles. The van der Waals surface area contributed by atoms with Gasteiger partial charge in [-0.15, -0.1) is 0 Å². The maximum atomic E-state index is 5.27. The second-order valence-electron chi connectivity index (χ2n) is 4.51. The maximum Gasteiger partial charge on any atom is 0.120 e. The van der Waals surface area contributed by atoms with E-state index in [1.165, 1.54) is 5.56 Å². The number of rotatable bonds is 5. The van der Waals surface area contributed by atoms with Crippen LogP contribution in [-0.4, -0.2) is 21.3 Å². The fraction of sp³-hybridized carbons (Fsp3) is 0.250. The summed E-state index contributed by atoms with van der Waals surface area (Å²) in [4.78, 5) is 2.17. The first-order valence-electron chi connectivity index (χ1n) is 6.31. The zero-order valence-corrected chi connectivity index (χ0v) is 13.5. The maximum absolute atomic E-state index is 5.27. The van der Waals surface area contributed by atoms with Gasteiger partial charge in [-0.3, -0.25) is 0 Å². The van der Waals surface area contributed by atoms with Crippen molar-refractivity contribution in [2.45, 2.75) is 6.54 Å². The van der Waals surface area contributed by atoms with E-state index in [4.69, 9.17) is 9.47 Å². The third-order valence-corrected chi connectivity index (χ3v) is 3.93. The van der Waals surface area contributed by atoms with Crippen molar-refractivity contribution in [1.82, 2.24) is 0 Å². The van der Waals surface area contributed by atoms with Crippen LogP contribution in [0.2, 0.25) is 0 Å². The van der Waals surface area contributed by atoms with Gasteiger partial charge in [0.25, 0.3) is 0 Å². The second-order valence-corrected chi connectivity index (χ2v) is 5.37. The van der Waals surface area contributed by atoms with Crippen LogP contribution in [0.5, 0.6) is 11.5 Å². The van der Waals surface area contributed by atoms with E-state index < -0.39 is 0 Å². The van der Waals surface area contributed by atoms with Crippen LogP contribution in [0.1, 0.15) is 5.56 Å². The van der Waals surface area contributed by atoms with Crippen LogP contribution < -0.4 is 14.4 Å². The highest BCUT2D eigenvalue weighted by molar-refractivity contribution is 9.10. The Bertz CT molecular complexity index is 586. The molecule has 106 valence electrons. The Balaban J connectivity index is 2.20. The highest BCUT2D eigenvalue weighted by atomic mass is 79.9. The highest BCUT2D eigenvalue weighted by Gasteiger charge is 2.07. The van der Waals surface area contributed by atoms with E-state index in [1.54, 1.807) is 14.2 Å². The van der Waals surface area contributed by atoms with Crippen molar-refractivity contribution >= 4 is 21.6 Å². The molecule has 4 heteroatoms. The van der Waals surface area contributed by atoms with Gasteiger partial charge >= 0.3 is 0 Å². The number of benzene rings is 2. The SMILES string of the molecule is COc1cccc(N(C)Cc2cc(OC)ccc2Br)c1. The normalized spacial score (nSPS) is 10.2. The molecular weight excluding hydrogens is 318 g/mol. The molecule has 2 aromatic rings. The van der Waals surface area contributed by atoms with Gasteiger partial charge in [-0.25, -0.2) is 0 Å². The van der Waals surface area contributed by atoms with Crippen LogP contribution >= 0.6 is 15.9 Å². The standard InChI is InChI=1S/C16H18BrNO2/c1-18(13-5-4-6-14(10-13)19-2)11-12-9-15(20-3)7-8-16(12)17/h4-10H,11H2,1-3H3. The molecule has 0 spiro atoms. The van der Waals surface area contributed by atoms with Gasteiger partial charge in [0.15, 0.2) is 0 Å². The molecule has 0 saturated carbocycles. The highest BCUT2D eigenvalue weighted by Crippen LogP contribution is 2.26. The second kappa shape index (κ2) is 6.66. The first-order chi connectivity index (χ1) is 9.63. The molecule has 0 aliphatic rings. The summed E-state index contributed by atoms with van der Waals surface area (Å²) < 4.78 is 11.6. The lowest BCUT2D eigenvalue weighted by Gasteiger charge is -2.21. The van der Waals surface area contributed by atoms with Crippen molar-refractivity contribution < 1.29 is 9.47 Å². The number of nitrogens with zero attached hydrogens (tertiary/aromatic N) is 1. The van der Waals surface area contributed by atoms with Gasteiger partial charge in [0.1, 0.15) is 11.5 Å². The molecular formula is C16H18BrNO2. The Labute approximate surface area is 128 Å². The largest absolute Gasteiger partial charge is 0.497 e. The van der Waals surface area contributed by atoms with Crippen LogP contribution in [0, 0.1) is 0 Å². The molecule has 0 N–H and O–H groups in total. The number of hydrogen-bond donors (Lipinski definition) is 0. The van der Waals surface area contributed by atoms with Gasteiger partial charge in [0.2, 0.25) is 0 Å². The number of ether oxygens (including phenoxy) is 2. The van der Waals surface area contributed by atoms with E-state index in [0.29, 0.717) is 0 Å². The fourth-order valence-electron chi connectivity index (χ4n) is 1.99. The van der Waals surface area contributed by atoms with Gasteiger partial charge in [0, 0.05) is 29.8 Å². The molecule has 0 radical (unpaired) electrons. The lowest BCUT2D eigenvalue weighted by molar-refractivity contribution is 0.414.